The SMILES string of the molecule is CC1=C(C)C(C)C([Si](C)(C)C(c2ccccc2)c2ccccc2)=C1C.[KH].[KH]. The quantitative estimate of drug-likeness (QED) is 0.557. The molecule has 0 bridgehead atoms. The van der Waals surface area contributed by atoms with Crippen LogP contribution in [0, 0.1) is 5.92 Å². The third-order valence-corrected chi connectivity index (χ3v) is 10.6. The van der Waals surface area contributed by atoms with Gasteiger partial charge in [-0.3, -0.25) is 0 Å². The summed E-state index contributed by atoms with van der Waals surface area (Å²) in [7, 11) is -1.75. The monoisotopic (exact) mass is 426 g/mol. The van der Waals surface area contributed by atoms with Gasteiger partial charge in [-0.1, -0.05) is 97.0 Å². The average molecular weight is 427 g/mol. The van der Waals surface area contributed by atoms with Crippen molar-refractivity contribution < 1.29 is 0 Å². The predicted molar refractivity (Wildman–Crippen MR) is 127 cm³/mol. The Labute approximate surface area is 252 Å². The summed E-state index contributed by atoms with van der Waals surface area (Å²) in [5, 5.41) is 1.74. The van der Waals surface area contributed by atoms with Gasteiger partial charge in [0.15, 0.2) is 0 Å². The Morgan fingerprint density at radius 2 is 1.11 bits per heavy atom. The van der Waals surface area contributed by atoms with E-state index in [-0.39, 0.29) is 103 Å². The molecule has 3 rings (SSSR count). The van der Waals surface area contributed by atoms with E-state index >= 15 is 0 Å². The van der Waals surface area contributed by atoms with Gasteiger partial charge in [0.2, 0.25) is 0 Å². The third kappa shape index (κ3) is 5.37. The van der Waals surface area contributed by atoms with E-state index in [1.807, 2.05) is 0 Å². The predicted octanol–water partition coefficient (Wildman–Crippen LogP) is 5.61. The van der Waals surface area contributed by atoms with Gasteiger partial charge in [0, 0.05) is 5.54 Å². The molecule has 1 unspecified atom stereocenters. The van der Waals surface area contributed by atoms with Crippen LogP contribution in [-0.2, 0) is 0 Å². The minimum absolute atomic E-state index is 0. The fourth-order valence-electron chi connectivity index (χ4n) is 4.88. The summed E-state index contributed by atoms with van der Waals surface area (Å²) in [4.78, 5) is 0. The van der Waals surface area contributed by atoms with E-state index < -0.39 is 8.07 Å². The van der Waals surface area contributed by atoms with E-state index in [1.165, 1.54) is 16.7 Å². The molecule has 0 nitrogen and oxygen atoms in total. The summed E-state index contributed by atoms with van der Waals surface area (Å²) in [6.07, 6.45) is 0. The molecule has 0 heterocycles. The second kappa shape index (κ2) is 11.1. The fraction of sp³-hybridized carbons (Fsp3) is 0.333. The second-order valence-corrected chi connectivity index (χ2v) is 12.6. The molecule has 0 aromatic heterocycles. The maximum atomic E-state index is 2.57. The van der Waals surface area contributed by atoms with E-state index in [0.717, 1.165) is 0 Å². The van der Waals surface area contributed by atoms with Crippen molar-refractivity contribution in [2.45, 2.75) is 46.3 Å². The van der Waals surface area contributed by atoms with Gasteiger partial charge in [0.05, 0.1) is 8.07 Å². The molecule has 0 saturated heterocycles. The van der Waals surface area contributed by atoms with Crippen molar-refractivity contribution in [3.63, 3.8) is 0 Å². The Kier molecular flexibility index (Phi) is 10.9. The van der Waals surface area contributed by atoms with Gasteiger partial charge >= 0.3 is 103 Å². The molecule has 1 aliphatic rings. The summed E-state index contributed by atoms with van der Waals surface area (Å²) < 4.78 is 0. The molecule has 0 saturated carbocycles. The van der Waals surface area contributed by atoms with Crippen LogP contribution in [0.15, 0.2) is 82.6 Å². The Bertz CT molecular complexity index is 780. The van der Waals surface area contributed by atoms with Gasteiger partial charge < -0.3 is 0 Å². The van der Waals surface area contributed by atoms with Crippen LogP contribution in [0.25, 0.3) is 0 Å². The summed E-state index contributed by atoms with van der Waals surface area (Å²) in [5.74, 6) is 0.580. The van der Waals surface area contributed by atoms with Gasteiger partial charge in [-0.05, 0) is 43.4 Å². The molecule has 27 heavy (non-hydrogen) atoms. The Morgan fingerprint density at radius 1 is 0.704 bits per heavy atom. The van der Waals surface area contributed by atoms with Crippen molar-refractivity contribution in [2.75, 3.05) is 0 Å². The van der Waals surface area contributed by atoms with E-state index in [9.17, 15) is 0 Å². The summed E-state index contributed by atoms with van der Waals surface area (Å²) in [5.41, 5.74) is 8.04. The molecule has 1 atom stereocenters. The summed E-state index contributed by atoms with van der Waals surface area (Å²) >= 11 is 0. The van der Waals surface area contributed by atoms with E-state index in [0.29, 0.717) is 11.5 Å². The number of allylic oxidation sites excluding steroid dienone is 4. The van der Waals surface area contributed by atoms with Crippen molar-refractivity contribution >= 4 is 111 Å². The molecule has 0 amide bonds. The van der Waals surface area contributed by atoms with Crippen LogP contribution in [0.2, 0.25) is 13.1 Å². The van der Waals surface area contributed by atoms with Crippen LogP contribution >= 0.6 is 0 Å². The molecular formula is C24H32K2Si. The van der Waals surface area contributed by atoms with Gasteiger partial charge in [-0.15, -0.1) is 0 Å². The van der Waals surface area contributed by atoms with Gasteiger partial charge in [0.25, 0.3) is 0 Å². The molecule has 3 heteroatoms. The van der Waals surface area contributed by atoms with E-state index in [4.69, 9.17) is 0 Å². The van der Waals surface area contributed by atoms with Gasteiger partial charge in [-0.2, -0.15) is 0 Å². The normalized spacial score (nSPS) is 17.1. The Balaban J connectivity index is 0.00000182. The van der Waals surface area contributed by atoms with Crippen LogP contribution in [0.3, 0.4) is 0 Å². The van der Waals surface area contributed by atoms with Crippen LogP contribution < -0.4 is 0 Å². The Hall–Kier alpha value is 1.41. The first-order valence-corrected chi connectivity index (χ1v) is 12.4. The van der Waals surface area contributed by atoms with Gasteiger partial charge in [-0.25, -0.2) is 0 Å². The third-order valence-electron chi connectivity index (χ3n) is 6.32. The van der Waals surface area contributed by atoms with Crippen molar-refractivity contribution in [3.8, 4) is 0 Å². The number of rotatable bonds is 4. The summed E-state index contributed by atoms with van der Waals surface area (Å²) in [6.45, 7) is 14.5. The molecule has 0 fully saturated rings. The van der Waals surface area contributed by atoms with Crippen LogP contribution in [0.4, 0.5) is 0 Å². The molecule has 2 aromatic carbocycles. The number of benzene rings is 2. The molecule has 2 aromatic rings. The van der Waals surface area contributed by atoms with Crippen LogP contribution in [0.5, 0.6) is 0 Å². The van der Waals surface area contributed by atoms with Crippen LogP contribution in [-0.4, -0.2) is 111 Å². The molecule has 0 aliphatic heterocycles. The molecular weight excluding hydrogens is 395 g/mol. The number of hydrogen-bond donors (Lipinski definition) is 0. The second-order valence-electron chi connectivity index (χ2n) is 8.04. The first kappa shape index (κ1) is 26.4. The van der Waals surface area contributed by atoms with Crippen molar-refractivity contribution in [1.82, 2.24) is 0 Å². The zero-order valence-corrected chi connectivity index (χ0v) is 17.4. The fourth-order valence-corrected chi connectivity index (χ4v) is 9.73. The zero-order chi connectivity index (χ0) is 18.2. The Morgan fingerprint density at radius 3 is 1.44 bits per heavy atom. The minimum atomic E-state index is -1.75. The van der Waals surface area contributed by atoms with Crippen molar-refractivity contribution in [2.24, 2.45) is 5.92 Å². The van der Waals surface area contributed by atoms with Crippen molar-refractivity contribution in [1.29, 1.82) is 0 Å². The van der Waals surface area contributed by atoms with E-state index in [1.54, 1.807) is 16.3 Å². The molecule has 0 spiro atoms. The first-order valence-electron chi connectivity index (χ1n) is 9.34. The van der Waals surface area contributed by atoms with Crippen LogP contribution in [0.1, 0.15) is 44.4 Å². The van der Waals surface area contributed by atoms with Crippen molar-refractivity contribution in [3.05, 3.63) is 93.7 Å². The topological polar surface area (TPSA) is 0 Å². The van der Waals surface area contributed by atoms with Gasteiger partial charge in [0.1, 0.15) is 0 Å². The number of hydrogen-bond acceptors (Lipinski definition) is 0. The molecule has 1 aliphatic carbocycles. The first-order chi connectivity index (χ1) is 11.9. The molecule has 0 radical (unpaired) electrons. The standard InChI is InChI=1S/C24H30Si.2K.2H/c1-17-18(2)20(4)23(19(17)3)25(5,6)24(21-13-9-7-10-14-21)22-15-11-8-12-16-22;;;;/h7-16,19,24H,1-6H3;;;;. The summed E-state index contributed by atoms with van der Waals surface area (Å²) in [6, 6.07) is 22.2. The molecule has 134 valence electrons. The average Bonchev–Trinajstić information content (AvgIpc) is 2.80. The zero-order valence-electron chi connectivity index (χ0n) is 16.4. The van der Waals surface area contributed by atoms with E-state index in [2.05, 4.69) is 101 Å². The molecule has 0 N–H and O–H groups in total. The maximum absolute atomic E-state index is 2.57.